The molecule has 0 aliphatic carbocycles. The Hall–Kier alpha value is -0.110. The molecular weight excluding hydrogens is 141 g/mol. The van der Waals surface area contributed by atoms with E-state index >= 15 is 0 Å². The Labute approximate surface area is 68.6 Å². The van der Waals surface area contributed by atoms with Crippen molar-refractivity contribution < 1.29 is 4.39 Å². The number of hydrogen-bond acceptors (Lipinski definition) is 1. The lowest BCUT2D eigenvalue weighted by molar-refractivity contribution is 0.212. The van der Waals surface area contributed by atoms with Gasteiger partial charge in [0, 0.05) is 18.5 Å². The molecule has 1 heterocycles. The van der Waals surface area contributed by atoms with E-state index in [0.717, 1.165) is 0 Å². The van der Waals surface area contributed by atoms with E-state index in [4.69, 9.17) is 0 Å². The smallest absolute Gasteiger partial charge is 0.117 e. The standard InChI is InChI=1S/C9H18FN/c1-6(2)9-7(3)8(10)5-11(9)4/h6-9H,5H2,1-4H3/t7-,8-,9+/m0/s1. The van der Waals surface area contributed by atoms with Crippen molar-refractivity contribution in [3.05, 3.63) is 0 Å². The molecule has 0 spiro atoms. The first-order valence-electron chi connectivity index (χ1n) is 4.38. The van der Waals surface area contributed by atoms with E-state index in [1.807, 2.05) is 14.0 Å². The Balaban J connectivity index is 2.63. The van der Waals surface area contributed by atoms with Gasteiger partial charge < -0.3 is 0 Å². The summed E-state index contributed by atoms with van der Waals surface area (Å²) < 4.78 is 13.1. The molecule has 0 aromatic rings. The fourth-order valence-corrected chi connectivity index (χ4v) is 2.29. The zero-order valence-corrected chi connectivity index (χ0v) is 7.84. The summed E-state index contributed by atoms with van der Waals surface area (Å²) in [6.07, 6.45) is -0.618. The highest BCUT2D eigenvalue weighted by Crippen LogP contribution is 2.29. The molecule has 66 valence electrons. The maximum Gasteiger partial charge on any atom is 0.117 e. The quantitative estimate of drug-likeness (QED) is 0.565. The minimum Gasteiger partial charge on any atom is -0.300 e. The Morgan fingerprint density at radius 1 is 1.45 bits per heavy atom. The normalized spacial score (nSPS) is 40.4. The summed E-state index contributed by atoms with van der Waals surface area (Å²) >= 11 is 0. The lowest BCUT2D eigenvalue weighted by Gasteiger charge is -2.26. The van der Waals surface area contributed by atoms with Crippen LogP contribution in [0.25, 0.3) is 0 Å². The molecule has 3 atom stereocenters. The van der Waals surface area contributed by atoms with Crippen LogP contribution in [0.5, 0.6) is 0 Å². The molecule has 1 rings (SSSR count). The summed E-state index contributed by atoms with van der Waals surface area (Å²) in [5.74, 6) is 0.774. The van der Waals surface area contributed by atoms with Crippen LogP contribution in [0.4, 0.5) is 4.39 Å². The van der Waals surface area contributed by atoms with Crippen molar-refractivity contribution >= 4 is 0 Å². The third-order valence-electron chi connectivity index (χ3n) is 2.76. The van der Waals surface area contributed by atoms with Crippen molar-refractivity contribution in [1.82, 2.24) is 4.90 Å². The Morgan fingerprint density at radius 2 is 2.00 bits per heavy atom. The molecule has 1 fully saturated rings. The van der Waals surface area contributed by atoms with Gasteiger partial charge in [-0.1, -0.05) is 20.8 Å². The predicted octanol–water partition coefficient (Wildman–Crippen LogP) is 1.93. The van der Waals surface area contributed by atoms with Crippen molar-refractivity contribution in [2.75, 3.05) is 13.6 Å². The van der Waals surface area contributed by atoms with Crippen LogP contribution in [0.3, 0.4) is 0 Å². The number of likely N-dealkylation sites (tertiary alicyclic amines) is 1. The molecule has 1 saturated heterocycles. The summed E-state index contributed by atoms with van der Waals surface area (Å²) in [5.41, 5.74) is 0. The van der Waals surface area contributed by atoms with Crippen LogP contribution in [-0.2, 0) is 0 Å². The summed E-state index contributed by atoms with van der Waals surface area (Å²) in [4.78, 5) is 2.14. The number of rotatable bonds is 1. The van der Waals surface area contributed by atoms with Gasteiger partial charge in [-0.05, 0) is 13.0 Å². The van der Waals surface area contributed by atoms with Crippen LogP contribution < -0.4 is 0 Å². The van der Waals surface area contributed by atoms with E-state index in [1.54, 1.807) is 0 Å². The minimum atomic E-state index is -0.618. The third kappa shape index (κ3) is 1.56. The van der Waals surface area contributed by atoms with Crippen LogP contribution in [0.2, 0.25) is 0 Å². The van der Waals surface area contributed by atoms with E-state index < -0.39 is 6.17 Å². The van der Waals surface area contributed by atoms with Crippen molar-refractivity contribution in [1.29, 1.82) is 0 Å². The summed E-state index contributed by atoms with van der Waals surface area (Å²) in [5, 5.41) is 0. The SMILES string of the molecule is CC(C)[C@@H]1[C@@H](C)[C@@H](F)CN1C. The Kier molecular flexibility index (Phi) is 2.53. The topological polar surface area (TPSA) is 3.24 Å². The van der Waals surface area contributed by atoms with Gasteiger partial charge in [0.05, 0.1) is 0 Å². The molecule has 1 nitrogen and oxygen atoms in total. The predicted molar refractivity (Wildman–Crippen MR) is 45.3 cm³/mol. The van der Waals surface area contributed by atoms with E-state index in [1.165, 1.54) is 0 Å². The minimum absolute atomic E-state index is 0.208. The second-order valence-corrected chi connectivity index (χ2v) is 4.05. The highest BCUT2D eigenvalue weighted by molar-refractivity contribution is 4.90. The second-order valence-electron chi connectivity index (χ2n) is 4.05. The maximum atomic E-state index is 13.1. The molecule has 1 aliphatic heterocycles. The average Bonchev–Trinajstić information content (AvgIpc) is 2.07. The third-order valence-corrected chi connectivity index (χ3v) is 2.76. The largest absolute Gasteiger partial charge is 0.300 e. The molecule has 0 bridgehead atoms. The molecule has 0 radical (unpaired) electrons. The monoisotopic (exact) mass is 159 g/mol. The van der Waals surface area contributed by atoms with Gasteiger partial charge in [-0.2, -0.15) is 0 Å². The molecule has 0 amide bonds. The van der Waals surface area contributed by atoms with Crippen LogP contribution in [0, 0.1) is 11.8 Å². The van der Waals surface area contributed by atoms with Gasteiger partial charge in [-0.15, -0.1) is 0 Å². The van der Waals surface area contributed by atoms with Crippen molar-refractivity contribution in [2.24, 2.45) is 11.8 Å². The Morgan fingerprint density at radius 3 is 2.18 bits per heavy atom. The highest BCUT2D eigenvalue weighted by Gasteiger charge is 2.38. The average molecular weight is 159 g/mol. The van der Waals surface area contributed by atoms with E-state index in [9.17, 15) is 4.39 Å². The molecule has 11 heavy (non-hydrogen) atoms. The molecular formula is C9H18FN. The van der Waals surface area contributed by atoms with E-state index in [2.05, 4.69) is 18.7 Å². The van der Waals surface area contributed by atoms with Gasteiger partial charge >= 0.3 is 0 Å². The van der Waals surface area contributed by atoms with E-state index in [-0.39, 0.29) is 5.92 Å². The first-order valence-corrected chi connectivity index (χ1v) is 4.38. The van der Waals surface area contributed by atoms with Gasteiger partial charge in [-0.25, -0.2) is 4.39 Å². The van der Waals surface area contributed by atoms with Gasteiger partial charge in [0.2, 0.25) is 0 Å². The first kappa shape index (κ1) is 8.98. The lowest BCUT2D eigenvalue weighted by Crippen LogP contribution is -2.33. The number of alkyl halides is 1. The molecule has 0 aromatic heterocycles. The first-order chi connectivity index (χ1) is 5.04. The lowest BCUT2D eigenvalue weighted by atomic mass is 9.92. The zero-order chi connectivity index (χ0) is 8.59. The number of nitrogens with zero attached hydrogens (tertiary/aromatic N) is 1. The second kappa shape index (κ2) is 3.10. The fraction of sp³-hybridized carbons (Fsp3) is 1.00. The van der Waals surface area contributed by atoms with Crippen LogP contribution in [0.1, 0.15) is 20.8 Å². The summed E-state index contributed by atoms with van der Waals surface area (Å²) in [7, 11) is 2.01. The molecule has 2 heteroatoms. The van der Waals surface area contributed by atoms with Crippen LogP contribution >= 0.6 is 0 Å². The molecule has 0 unspecified atom stereocenters. The van der Waals surface area contributed by atoms with Gasteiger partial charge in [-0.3, -0.25) is 4.90 Å². The molecule has 0 aromatic carbocycles. The Bertz CT molecular complexity index is 136. The molecule has 0 saturated carbocycles. The van der Waals surface area contributed by atoms with Crippen molar-refractivity contribution in [2.45, 2.75) is 33.0 Å². The summed E-state index contributed by atoms with van der Waals surface area (Å²) in [6.45, 7) is 6.95. The van der Waals surface area contributed by atoms with Crippen molar-refractivity contribution in [3.8, 4) is 0 Å². The zero-order valence-electron chi connectivity index (χ0n) is 7.84. The maximum absolute atomic E-state index is 13.1. The number of hydrogen-bond donors (Lipinski definition) is 0. The van der Waals surface area contributed by atoms with Gasteiger partial charge in [0.1, 0.15) is 6.17 Å². The van der Waals surface area contributed by atoms with Crippen LogP contribution in [-0.4, -0.2) is 30.7 Å². The summed E-state index contributed by atoms with van der Waals surface area (Å²) in [6, 6.07) is 0.435. The number of halogens is 1. The van der Waals surface area contributed by atoms with E-state index in [0.29, 0.717) is 18.5 Å². The van der Waals surface area contributed by atoms with Crippen molar-refractivity contribution in [3.63, 3.8) is 0 Å². The fourth-order valence-electron chi connectivity index (χ4n) is 2.29. The molecule has 1 aliphatic rings. The highest BCUT2D eigenvalue weighted by atomic mass is 19.1. The van der Waals surface area contributed by atoms with Gasteiger partial charge in [0.15, 0.2) is 0 Å². The van der Waals surface area contributed by atoms with Gasteiger partial charge in [0.25, 0.3) is 0 Å². The molecule has 0 N–H and O–H groups in total. The van der Waals surface area contributed by atoms with Crippen LogP contribution in [0.15, 0.2) is 0 Å².